The summed E-state index contributed by atoms with van der Waals surface area (Å²) in [4.78, 5) is 25.3. The molecule has 0 aromatic heterocycles. The van der Waals surface area contributed by atoms with Crippen molar-refractivity contribution < 1.29 is 37.6 Å². The molecule has 0 aliphatic carbocycles. The summed E-state index contributed by atoms with van der Waals surface area (Å²) in [6.07, 6.45) is -0.504. The van der Waals surface area contributed by atoms with Crippen LogP contribution in [0, 0.1) is 23.3 Å². The molecule has 0 spiro atoms. The van der Waals surface area contributed by atoms with Crippen LogP contribution in [-0.2, 0) is 9.59 Å². The van der Waals surface area contributed by atoms with E-state index in [0.717, 1.165) is 0 Å². The van der Waals surface area contributed by atoms with Crippen molar-refractivity contribution in [3.8, 4) is 0 Å². The number of amides is 1. The highest BCUT2D eigenvalue weighted by Crippen LogP contribution is 2.30. The van der Waals surface area contributed by atoms with E-state index in [1.807, 2.05) is 27.7 Å². The van der Waals surface area contributed by atoms with Crippen LogP contribution in [0.2, 0.25) is 0 Å². The van der Waals surface area contributed by atoms with Gasteiger partial charge >= 0.3 is 0 Å². The predicted octanol–water partition coefficient (Wildman–Crippen LogP) is 2.86. The van der Waals surface area contributed by atoms with E-state index >= 15 is 0 Å². The van der Waals surface area contributed by atoms with E-state index in [1.54, 1.807) is 0 Å². The van der Waals surface area contributed by atoms with Gasteiger partial charge in [-0.1, -0.05) is 10.3 Å². The quantitative estimate of drug-likeness (QED) is 0.107. The number of thioether (sulfide) groups is 1. The Kier molecular flexibility index (Phi) is 12.3. The van der Waals surface area contributed by atoms with Crippen molar-refractivity contribution in [3.63, 3.8) is 0 Å². The molecule has 2 rings (SSSR count). The Morgan fingerprint density at radius 1 is 0.950 bits per heavy atom. The first-order chi connectivity index (χ1) is 18.7. The number of hydrogen-bond donors (Lipinski definition) is 5. The standard InChI is InChI=1S/C25H36F4N6O4S/c1-24(2)17(33-38)14-18(34-39)25(3,4)32-9-12-35(11-8-31-24)10-7-30-19(36)5-6-20(37)40-23-21(28)15(26)13-16(27)22(23)29/h13,31-32,38-39H,5-12,14H2,1-4H3,(H,30,36)/b33-17-,34-18-. The molecule has 1 aromatic rings. The molecule has 1 saturated heterocycles. The fraction of sp³-hybridized carbons (Fsp3) is 0.600. The molecule has 10 nitrogen and oxygen atoms in total. The highest BCUT2D eigenvalue weighted by atomic mass is 32.2. The van der Waals surface area contributed by atoms with Crippen LogP contribution in [0.15, 0.2) is 21.3 Å². The number of nitrogens with one attached hydrogen (secondary N) is 3. The first-order valence-corrected chi connectivity index (χ1v) is 13.5. The summed E-state index contributed by atoms with van der Waals surface area (Å²) in [5.74, 6) is -7.03. The number of halogens is 4. The zero-order valence-electron chi connectivity index (χ0n) is 22.9. The van der Waals surface area contributed by atoms with Crippen molar-refractivity contribution in [2.24, 2.45) is 10.3 Å². The Morgan fingerprint density at radius 2 is 1.45 bits per heavy atom. The Bertz CT molecular complexity index is 1070. The Hall–Kier alpha value is -2.75. The fourth-order valence-corrected chi connectivity index (χ4v) is 4.78. The van der Waals surface area contributed by atoms with Gasteiger partial charge in [0.1, 0.15) is 0 Å². The second-order valence-corrected chi connectivity index (χ2v) is 11.4. The van der Waals surface area contributed by atoms with Crippen molar-refractivity contribution in [2.45, 2.75) is 62.9 Å². The van der Waals surface area contributed by atoms with Gasteiger partial charge in [0, 0.05) is 64.6 Å². The summed E-state index contributed by atoms with van der Waals surface area (Å²) >= 11 is 0.00876. The second-order valence-electron chi connectivity index (χ2n) is 10.3. The molecular formula is C25H36F4N6O4S. The zero-order valence-corrected chi connectivity index (χ0v) is 23.7. The molecule has 15 heteroatoms. The fourth-order valence-electron chi connectivity index (χ4n) is 3.98. The van der Waals surface area contributed by atoms with E-state index in [2.05, 4.69) is 31.2 Å². The third-order valence-corrected chi connectivity index (χ3v) is 7.60. The molecule has 1 aromatic carbocycles. The Labute approximate surface area is 234 Å². The summed E-state index contributed by atoms with van der Waals surface area (Å²) in [6, 6.07) is 0.0556. The van der Waals surface area contributed by atoms with Gasteiger partial charge in [-0.05, 0) is 39.5 Å². The van der Waals surface area contributed by atoms with E-state index < -0.39 is 56.7 Å². The van der Waals surface area contributed by atoms with E-state index in [0.29, 0.717) is 44.1 Å². The second kappa shape index (κ2) is 14.8. The van der Waals surface area contributed by atoms with Crippen molar-refractivity contribution >= 4 is 34.2 Å². The summed E-state index contributed by atoms with van der Waals surface area (Å²) in [7, 11) is 0. The van der Waals surface area contributed by atoms with Gasteiger partial charge in [-0.15, -0.1) is 0 Å². The van der Waals surface area contributed by atoms with Gasteiger partial charge in [-0.3, -0.25) is 14.5 Å². The molecule has 0 saturated carbocycles. The Morgan fingerprint density at radius 3 is 1.93 bits per heavy atom. The van der Waals surface area contributed by atoms with Crippen LogP contribution in [0.5, 0.6) is 0 Å². The van der Waals surface area contributed by atoms with Crippen LogP contribution in [0.4, 0.5) is 17.6 Å². The summed E-state index contributed by atoms with van der Waals surface area (Å²) in [6.45, 7) is 10.3. The maximum atomic E-state index is 13.8. The van der Waals surface area contributed by atoms with E-state index in [4.69, 9.17) is 0 Å². The van der Waals surface area contributed by atoms with Gasteiger partial charge < -0.3 is 26.4 Å². The van der Waals surface area contributed by atoms with Crippen molar-refractivity contribution in [1.29, 1.82) is 0 Å². The molecule has 1 heterocycles. The summed E-state index contributed by atoms with van der Waals surface area (Å²) in [5, 5.41) is 34.6. The summed E-state index contributed by atoms with van der Waals surface area (Å²) in [5.41, 5.74) is -0.605. The Balaban J connectivity index is 1.90. The number of nitrogens with zero attached hydrogens (tertiary/aromatic N) is 3. The molecular weight excluding hydrogens is 556 g/mol. The number of hydrogen-bond acceptors (Lipinski definition) is 10. The van der Waals surface area contributed by atoms with Gasteiger partial charge in [-0.2, -0.15) is 0 Å². The van der Waals surface area contributed by atoms with Crippen LogP contribution in [0.1, 0.15) is 47.0 Å². The van der Waals surface area contributed by atoms with Gasteiger partial charge in [0.05, 0.1) is 27.4 Å². The SMILES string of the molecule is CC1(C)NCCN(CCNC(=O)CCC(=O)Sc2c(F)c(F)cc(F)c2F)CCNC(C)(C)/C(=N\O)C/C1=N/O. The van der Waals surface area contributed by atoms with Gasteiger partial charge in [0.2, 0.25) is 5.91 Å². The number of carbonyl (C=O) groups excluding carboxylic acids is 2. The summed E-state index contributed by atoms with van der Waals surface area (Å²) < 4.78 is 54.2. The molecule has 0 bridgehead atoms. The maximum Gasteiger partial charge on any atom is 0.220 e. The topological polar surface area (TPSA) is 139 Å². The lowest BCUT2D eigenvalue weighted by Gasteiger charge is -2.34. The molecule has 0 radical (unpaired) electrons. The van der Waals surface area contributed by atoms with E-state index in [-0.39, 0.29) is 37.2 Å². The largest absolute Gasteiger partial charge is 0.411 e. The molecule has 0 atom stereocenters. The molecule has 40 heavy (non-hydrogen) atoms. The first-order valence-electron chi connectivity index (χ1n) is 12.7. The van der Waals surface area contributed by atoms with Gasteiger partial charge in [-0.25, -0.2) is 17.6 Å². The molecule has 224 valence electrons. The van der Waals surface area contributed by atoms with Crippen LogP contribution in [0.25, 0.3) is 0 Å². The average Bonchev–Trinajstić information content (AvgIpc) is 2.88. The van der Waals surface area contributed by atoms with Crippen LogP contribution < -0.4 is 16.0 Å². The molecule has 1 amide bonds. The van der Waals surface area contributed by atoms with Gasteiger partial charge in [0.25, 0.3) is 0 Å². The van der Waals surface area contributed by atoms with Crippen molar-refractivity contribution in [2.75, 3.05) is 39.3 Å². The van der Waals surface area contributed by atoms with Crippen LogP contribution >= 0.6 is 11.8 Å². The first kappa shape index (κ1) is 33.5. The highest BCUT2D eigenvalue weighted by molar-refractivity contribution is 8.13. The lowest BCUT2D eigenvalue weighted by Crippen LogP contribution is -2.56. The lowest BCUT2D eigenvalue weighted by atomic mass is 9.87. The van der Waals surface area contributed by atoms with Crippen molar-refractivity contribution in [3.05, 3.63) is 29.3 Å². The number of carbonyl (C=O) groups is 2. The average molecular weight is 593 g/mol. The minimum atomic E-state index is -1.66. The molecule has 5 N–H and O–H groups in total. The maximum absolute atomic E-state index is 13.8. The lowest BCUT2D eigenvalue weighted by molar-refractivity contribution is -0.123. The van der Waals surface area contributed by atoms with Crippen LogP contribution in [0.3, 0.4) is 0 Å². The zero-order chi connectivity index (χ0) is 30.1. The third-order valence-electron chi connectivity index (χ3n) is 6.60. The van der Waals surface area contributed by atoms with Crippen LogP contribution in [-0.4, -0.2) is 88.1 Å². The number of rotatable bonds is 7. The molecule has 1 aliphatic rings. The van der Waals surface area contributed by atoms with Crippen molar-refractivity contribution in [1.82, 2.24) is 20.9 Å². The number of benzene rings is 1. The minimum absolute atomic E-state index is 0.00876. The normalized spacial score (nSPS) is 20.6. The van der Waals surface area contributed by atoms with E-state index in [1.165, 1.54) is 0 Å². The molecule has 0 unspecified atom stereocenters. The van der Waals surface area contributed by atoms with Gasteiger partial charge in [0.15, 0.2) is 28.4 Å². The monoisotopic (exact) mass is 592 g/mol. The number of oxime groups is 2. The minimum Gasteiger partial charge on any atom is -0.411 e. The van der Waals surface area contributed by atoms with E-state index in [9.17, 15) is 37.6 Å². The third kappa shape index (κ3) is 9.42. The molecule has 1 aliphatic heterocycles. The predicted molar refractivity (Wildman–Crippen MR) is 143 cm³/mol. The smallest absolute Gasteiger partial charge is 0.220 e. The molecule has 1 fully saturated rings. The highest BCUT2D eigenvalue weighted by Gasteiger charge is 2.33.